The summed E-state index contributed by atoms with van der Waals surface area (Å²) in [6, 6.07) is 2.22. The Labute approximate surface area is 85.3 Å². The van der Waals surface area contributed by atoms with Crippen molar-refractivity contribution in [3.05, 3.63) is 35.4 Å². The molecule has 1 aromatic rings. The van der Waals surface area contributed by atoms with Gasteiger partial charge in [0.15, 0.2) is 0 Å². The summed E-state index contributed by atoms with van der Waals surface area (Å²) in [5.74, 6) is -1.54. The fourth-order valence-electron chi connectivity index (χ4n) is 1.73. The predicted octanol–water partition coefficient (Wildman–Crippen LogP) is 0.853. The fourth-order valence-corrected chi connectivity index (χ4v) is 1.73. The van der Waals surface area contributed by atoms with Gasteiger partial charge in [0.25, 0.3) is 0 Å². The van der Waals surface area contributed by atoms with E-state index in [9.17, 15) is 13.6 Å². The van der Waals surface area contributed by atoms with Crippen molar-refractivity contribution >= 4 is 5.91 Å². The van der Waals surface area contributed by atoms with E-state index in [1.165, 1.54) is 6.07 Å². The highest BCUT2D eigenvalue weighted by molar-refractivity contribution is 5.80. The lowest BCUT2D eigenvalue weighted by Gasteiger charge is -2.15. The summed E-state index contributed by atoms with van der Waals surface area (Å²) < 4.78 is 26.0. The maximum Gasteiger partial charge on any atom is 0.222 e. The molecule has 0 spiro atoms. The summed E-state index contributed by atoms with van der Waals surface area (Å²) >= 11 is 0. The Kier molecular flexibility index (Phi) is 2.40. The van der Waals surface area contributed by atoms with Gasteiger partial charge in [-0.15, -0.1) is 0 Å². The molecular formula is C10H10F2N2O. The summed E-state index contributed by atoms with van der Waals surface area (Å²) in [6.07, 6.45) is 0.168. The molecular weight excluding hydrogens is 202 g/mol. The second kappa shape index (κ2) is 3.58. The average molecular weight is 212 g/mol. The normalized spacial score (nSPS) is 25.4. The molecule has 0 radical (unpaired) electrons. The van der Waals surface area contributed by atoms with E-state index in [4.69, 9.17) is 5.73 Å². The van der Waals surface area contributed by atoms with Gasteiger partial charge in [-0.05, 0) is 6.07 Å². The van der Waals surface area contributed by atoms with Crippen LogP contribution < -0.4 is 11.1 Å². The Morgan fingerprint density at radius 1 is 1.40 bits per heavy atom. The Morgan fingerprint density at radius 2 is 2.13 bits per heavy atom. The summed E-state index contributed by atoms with van der Waals surface area (Å²) in [5, 5.41) is 2.55. The number of carbonyl (C=O) groups excluding carboxylic acids is 1. The van der Waals surface area contributed by atoms with Crippen molar-refractivity contribution in [2.45, 2.75) is 18.5 Å². The summed E-state index contributed by atoms with van der Waals surface area (Å²) in [4.78, 5) is 11.0. The van der Waals surface area contributed by atoms with Crippen LogP contribution >= 0.6 is 0 Å². The number of amides is 1. The van der Waals surface area contributed by atoms with E-state index in [1.54, 1.807) is 0 Å². The van der Waals surface area contributed by atoms with Crippen LogP contribution in [0.5, 0.6) is 0 Å². The second-order valence-electron chi connectivity index (χ2n) is 3.58. The lowest BCUT2D eigenvalue weighted by Crippen LogP contribution is -2.29. The van der Waals surface area contributed by atoms with Gasteiger partial charge in [0, 0.05) is 24.1 Å². The van der Waals surface area contributed by atoms with Crippen LogP contribution in [-0.2, 0) is 4.79 Å². The van der Waals surface area contributed by atoms with Crippen LogP contribution in [0.3, 0.4) is 0 Å². The smallest absolute Gasteiger partial charge is 0.222 e. The van der Waals surface area contributed by atoms with Crippen molar-refractivity contribution in [2.24, 2.45) is 5.73 Å². The number of nitrogens with one attached hydrogen (secondary N) is 1. The lowest BCUT2D eigenvalue weighted by molar-refractivity contribution is -0.119. The zero-order valence-electron chi connectivity index (χ0n) is 7.84. The van der Waals surface area contributed by atoms with E-state index < -0.39 is 23.7 Å². The van der Waals surface area contributed by atoms with Crippen molar-refractivity contribution in [3.8, 4) is 0 Å². The average Bonchev–Trinajstić information content (AvgIpc) is 2.45. The van der Waals surface area contributed by atoms with E-state index >= 15 is 0 Å². The summed E-state index contributed by atoms with van der Waals surface area (Å²) in [6.45, 7) is 0. The molecule has 1 fully saturated rings. The van der Waals surface area contributed by atoms with Gasteiger partial charge in [-0.2, -0.15) is 0 Å². The topological polar surface area (TPSA) is 55.1 Å². The molecule has 0 saturated carbocycles. The van der Waals surface area contributed by atoms with Crippen molar-refractivity contribution < 1.29 is 13.6 Å². The number of benzene rings is 1. The van der Waals surface area contributed by atoms with Crippen LogP contribution in [0, 0.1) is 11.6 Å². The second-order valence-corrected chi connectivity index (χ2v) is 3.58. The third-order valence-corrected chi connectivity index (χ3v) is 2.46. The van der Waals surface area contributed by atoms with Gasteiger partial charge in [0.2, 0.25) is 5.91 Å². The molecule has 3 nitrogen and oxygen atoms in total. The maximum absolute atomic E-state index is 13.4. The maximum atomic E-state index is 13.4. The molecule has 15 heavy (non-hydrogen) atoms. The first-order chi connectivity index (χ1) is 7.08. The van der Waals surface area contributed by atoms with Crippen LogP contribution in [0.1, 0.15) is 18.0 Å². The number of nitrogens with two attached hydrogens (primary N) is 1. The first-order valence-corrected chi connectivity index (χ1v) is 4.58. The third kappa shape index (κ3) is 1.83. The zero-order valence-corrected chi connectivity index (χ0v) is 7.84. The molecule has 3 N–H and O–H groups in total. The molecule has 1 heterocycles. The highest BCUT2D eigenvalue weighted by Crippen LogP contribution is 2.25. The molecule has 1 aromatic carbocycles. The number of hydrogen-bond acceptors (Lipinski definition) is 2. The van der Waals surface area contributed by atoms with Gasteiger partial charge in [0.1, 0.15) is 11.6 Å². The summed E-state index contributed by atoms with van der Waals surface area (Å²) in [7, 11) is 0. The third-order valence-electron chi connectivity index (χ3n) is 2.46. The minimum absolute atomic E-state index is 0.168. The molecule has 1 aliphatic rings. The number of carbonyl (C=O) groups is 1. The molecule has 0 bridgehead atoms. The van der Waals surface area contributed by atoms with E-state index in [2.05, 4.69) is 5.32 Å². The van der Waals surface area contributed by atoms with Crippen LogP contribution in [0.4, 0.5) is 8.78 Å². The molecule has 5 heteroatoms. The molecule has 1 amide bonds. The minimum atomic E-state index is -0.683. The van der Waals surface area contributed by atoms with E-state index in [0.717, 1.165) is 12.1 Å². The Bertz CT molecular complexity index is 408. The van der Waals surface area contributed by atoms with E-state index in [0.29, 0.717) is 0 Å². The summed E-state index contributed by atoms with van der Waals surface area (Å²) in [5.41, 5.74) is 5.90. The standard InChI is InChI=1S/C10H10F2N2O/c11-5-1-2-6(7(12)3-5)10-8(13)4-9(15)14-10/h1-3,8,10H,4,13H2,(H,14,15). The zero-order chi connectivity index (χ0) is 11.0. The van der Waals surface area contributed by atoms with Gasteiger partial charge in [0.05, 0.1) is 6.04 Å². The van der Waals surface area contributed by atoms with Crippen molar-refractivity contribution in [2.75, 3.05) is 0 Å². The number of hydrogen-bond donors (Lipinski definition) is 2. The van der Waals surface area contributed by atoms with Gasteiger partial charge < -0.3 is 11.1 Å². The molecule has 0 aromatic heterocycles. The monoisotopic (exact) mass is 212 g/mol. The van der Waals surface area contributed by atoms with Crippen molar-refractivity contribution in [1.82, 2.24) is 5.32 Å². The first kappa shape index (κ1) is 10.0. The highest BCUT2D eigenvalue weighted by atomic mass is 19.1. The highest BCUT2D eigenvalue weighted by Gasteiger charge is 2.32. The van der Waals surface area contributed by atoms with Gasteiger partial charge in [-0.1, -0.05) is 6.07 Å². The predicted molar refractivity (Wildman–Crippen MR) is 49.8 cm³/mol. The Balaban J connectivity index is 2.33. The molecule has 2 atom stereocenters. The van der Waals surface area contributed by atoms with Crippen LogP contribution in [0.2, 0.25) is 0 Å². The number of halogens is 2. The molecule has 2 rings (SSSR count). The molecule has 2 unspecified atom stereocenters. The molecule has 80 valence electrons. The van der Waals surface area contributed by atoms with Crippen LogP contribution in [-0.4, -0.2) is 11.9 Å². The van der Waals surface area contributed by atoms with E-state index in [1.807, 2.05) is 0 Å². The Hall–Kier alpha value is -1.49. The van der Waals surface area contributed by atoms with Gasteiger partial charge in [-0.3, -0.25) is 4.79 Å². The molecule has 0 aliphatic carbocycles. The van der Waals surface area contributed by atoms with E-state index in [-0.39, 0.29) is 17.9 Å². The quantitative estimate of drug-likeness (QED) is 0.725. The SMILES string of the molecule is NC1CC(=O)NC1c1ccc(F)cc1F. The fraction of sp³-hybridized carbons (Fsp3) is 0.300. The molecule has 1 saturated heterocycles. The van der Waals surface area contributed by atoms with Crippen molar-refractivity contribution in [3.63, 3.8) is 0 Å². The largest absolute Gasteiger partial charge is 0.348 e. The van der Waals surface area contributed by atoms with Crippen molar-refractivity contribution in [1.29, 1.82) is 0 Å². The van der Waals surface area contributed by atoms with Gasteiger partial charge in [-0.25, -0.2) is 8.78 Å². The van der Waals surface area contributed by atoms with Gasteiger partial charge >= 0.3 is 0 Å². The van der Waals surface area contributed by atoms with Crippen LogP contribution in [0.25, 0.3) is 0 Å². The number of rotatable bonds is 1. The Morgan fingerprint density at radius 3 is 2.67 bits per heavy atom. The lowest BCUT2D eigenvalue weighted by atomic mass is 10.0. The first-order valence-electron chi connectivity index (χ1n) is 4.58. The molecule has 1 aliphatic heterocycles. The minimum Gasteiger partial charge on any atom is -0.348 e. The van der Waals surface area contributed by atoms with Crippen LogP contribution in [0.15, 0.2) is 18.2 Å².